The van der Waals surface area contributed by atoms with Crippen LogP contribution in [0.25, 0.3) is 0 Å². The minimum absolute atomic E-state index is 0.142. The molecule has 0 saturated carbocycles. The molecule has 120 valence electrons. The van der Waals surface area contributed by atoms with Crippen LogP contribution in [0.3, 0.4) is 0 Å². The first kappa shape index (κ1) is 18.5. The molecule has 0 amide bonds. The molecule has 9 heteroatoms. The number of aromatic nitrogens is 3. The molecular formula is C12H21N3O3S3. The van der Waals surface area contributed by atoms with Crippen molar-refractivity contribution in [3.05, 3.63) is 31.5 Å². The molecule has 0 bridgehead atoms. The van der Waals surface area contributed by atoms with Crippen LogP contribution in [0.1, 0.15) is 20.8 Å². The molecule has 1 aromatic heterocycles. The van der Waals surface area contributed by atoms with E-state index in [1.54, 1.807) is 20.8 Å². The summed E-state index contributed by atoms with van der Waals surface area (Å²) in [6.45, 7) is 5.75. The van der Waals surface area contributed by atoms with E-state index in [0.717, 1.165) is 13.7 Å². The van der Waals surface area contributed by atoms with Crippen LogP contribution in [0, 0.1) is 0 Å². The fourth-order valence-corrected chi connectivity index (χ4v) is 2.43. The summed E-state index contributed by atoms with van der Waals surface area (Å²) in [5, 5.41) is -0.551. The van der Waals surface area contributed by atoms with Crippen molar-refractivity contribution in [2.45, 2.75) is 56.2 Å². The fourth-order valence-electron chi connectivity index (χ4n) is 1.94. The Morgan fingerprint density at radius 2 is 0.857 bits per heavy atom. The third-order valence-electron chi connectivity index (χ3n) is 2.73. The molecule has 3 atom stereocenters. The van der Waals surface area contributed by atoms with Gasteiger partial charge < -0.3 is 0 Å². The molecule has 0 fully saturated rings. The van der Waals surface area contributed by atoms with Crippen molar-refractivity contribution in [1.29, 1.82) is 0 Å². The van der Waals surface area contributed by atoms with E-state index in [0.29, 0.717) is 0 Å². The maximum atomic E-state index is 12.3. The Balaban J connectivity index is 3.62. The van der Waals surface area contributed by atoms with Gasteiger partial charge in [0.1, 0.15) is 0 Å². The van der Waals surface area contributed by atoms with Crippen molar-refractivity contribution >= 4 is 37.9 Å². The van der Waals surface area contributed by atoms with Gasteiger partial charge in [-0.15, -0.1) is 0 Å². The number of hydrogen-bond acceptors (Lipinski definition) is 6. The highest BCUT2D eigenvalue weighted by molar-refractivity contribution is 7.81. The first-order chi connectivity index (χ1) is 9.65. The lowest BCUT2D eigenvalue weighted by atomic mass is 10.4. The zero-order valence-corrected chi connectivity index (χ0v) is 14.9. The van der Waals surface area contributed by atoms with Gasteiger partial charge in [0.25, 0.3) is 0 Å². The molecule has 0 radical (unpaired) electrons. The lowest BCUT2D eigenvalue weighted by Gasteiger charge is -2.16. The second-order valence-corrected chi connectivity index (χ2v) is 7.87. The standard InChI is InChI=1S/C12H21N3O3S3/c1-7(19)4-13-10(16)14(5-8(2)20)12(18)15(11(13)17)6-9(3)21/h7-9,19-21H,4-6H2,1-3H3. The van der Waals surface area contributed by atoms with Crippen LogP contribution < -0.4 is 17.1 Å². The lowest BCUT2D eigenvalue weighted by molar-refractivity contribution is 0.445. The van der Waals surface area contributed by atoms with E-state index in [9.17, 15) is 14.4 Å². The summed E-state index contributed by atoms with van der Waals surface area (Å²) >= 11 is 12.6. The molecule has 0 aliphatic rings. The maximum Gasteiger partial charge on any atom is 0.336 e. The Bertz CT molecular complexity index is 538. The van der Waals surface area contributed by atoms with Crippen molar-refractivity contribution in [2.24, 2.45) is 0 Å². The molecule has 0 aliphatic carbocycles. The molecule has 1 rings (SSSR count). The number of hydrogen-bond donors (Lipinski definition) is 3. The topological polar surface area (TPSA) is 66.0 Å². The van der Waals surface area contributed by atoms with E-state index in [-0.39, 0.29) is 35.4 Å². The highest BCUT2D eigenvalue weighted by atomic mass is 32.1. The Hall–Kier alpha value is -0.540. The Morgan fingerprint density at radius 3 is 1.00 bits per heavy atom. The van der Waals surface area contributed by atoms with Crippen molar-refractivity contribution in [1.82, 2.24) is 13.7 Å². The van der Waals surface area contributed by atoms with E-state index in [1.165, 1.54) is 0 Å². The van der Waals surface area contributed by atoms with E-state index < -0.39 is 17.1 Å². The molecule has 0 aromatic carbocycles. The SMILES string of the molecule is CC(S)Cn1c(=O)n(CC(C)S)c(=O)n(CC(C)S)c1=O. The molecule has 1 heterocycles. The average Bonchev–Trinajstić information content (AvgIpc) is 2.35. The first-order valence-corrected chi connectivity index (χ1v) is 8.18. The highest BCUT2D eigenvalue weighted by Gasteiger charge is 2.17. The molecule has 0 aliphatic heterocycles. The molecule has 0 N–H and O–H groups in total. The second kappa shape index (κ2) is 7.64. The quantitative estimate of drug-likeness (QED) is 0.638. The average molecular weight is 352 g/mol. The summed E-state index contributed by atoms with van der Waals surface area (Å²) in [5.41, 5.74) is -1.85. The molecule has 0 saturated heterocycles. The van der Waals surface area contributed by atoms with Gasteiger partial charge in [-0.1, -0.05) is 20.8 Å². The first-order valence-electron chi connectivity index (χ1n) is 6.63. The van der Waals surface area contributed by atoms with Gasteiger partial charge in [-0.3, -0.25) is 0 Å². The molecule has 0 spiro atoms. The van der Waals surface area contributed by atoms with Crippen LogP contribution in [0.5, 0.6) is 0 Å². The number of rotatable bonds is 6. The van der Waals surface area contributed by atoms with Gasteiger partial charge in [0, 0.05) is 35.4 Å². The van der Waals surface area contributed by atoms with Gasteiger partial charge in [0.05, 0.1) is 0 Å². The number of thiol groups is 3. The predicted molar refractivity (Wildman–Crippen MR) is 94.6 cm³/mol. The molecule has 21 heavy (non-hydrogen) atoms. The Kier molecular flexibility index (Phi) is 6.73. The molecule has 1 aromatic rings. The van der Waals surface area contributed by atoms with Crippen molar-refractivity contribution in [2.75, 3.05) is 0 Å². The third kappa shape index (κ3) is 4.72. The molecule has 3 unspecified atom stereocenters. The summed E-state index contributed by atoms with van der Waals surface area (Å²) in [7, 11) is 0. The van der Waals surface area contributed by atoms with Crippen molar-refractivity contribution in [3.8, 4) is 0 Å². The van der Waals surface area contributed by atoms with Crippen LogP contribution in [0.4, 0.5) is 0 Å². The molecular weight excluding hydrogens is 330 g/mol. The highest BCUT2D eigenvalue weighted by Crippen LogP contribution is 1.97. The van der Waals surface area contributed by atoms with Gasteiger partial charge in [-0.2, -0.15) is 37.9 Å². The van der Waals surface area contributed by atoms with E-state index >= 15 is 0 Å². The van der Waals surface area contributed by atoms with Gasteiger partial charge in [0.15, 0.2) is 0 Å². The monoisotopic (exact) mass is 351 g/mol. The van der Waals surface area contributed by atoms with E-state index in [2.05, 4.69) is 37.9 Å². The summed E-state index contributed by atoms with van der Waals surface area (Å²) < 4.78 is 3.14. The van der Waals surface area contributed by atoms with Crippen LogP contribution in [-0.2, 0) is 19.6 Å². The zero-order valence-electron chi connectivity index (χ0n) is 12.3. The van der Waals surface area contributed by atoms with E-state index in [4.69, 9.17) is 0 Å². The van der Waals surface area contributed by atoms with Crippen molar-refractivity contribution in [3.63, 3.8) is 0 Å². The van der Waals surface area contributed by atoms with Crippen molar-refractivity contribution < 1.29 is 0 Å². The van der Waals surface area contributed by atoms with Gasteiger partial charge in [-0.25, -0.2) is 28.1 Å². The smallest absolute Gasteiger partial charge is 0.247 e. The summed E-state index contributed by atoms with van der Waals surface area (Å²) in [4.78, 5) is 37.0. The van der Waals surface area contributed by atoms with Gasteiger partial charge in [-0.05, 0) is 0 Å². The molecule has 6 nitrogen and oxygen atoms in total. The summed E-state index contributed by atoms with van der Waals surface area (Å²) in [6, 6.07) is 0. The Labute approximate surface area is 139 Å². The van der Waals surface area contributed by atoms with Gasteiger partial charge >= 0.3 is 17.1 Å². The minimum Gasteiger partial charge on any atom is -0.247 e. The van der Waals surface area contributed by atoms with Crippen LogP contribution in [0.15, 0.2) is 14.4 Å². The normalized spacial score (nSPS) is 15.7. The number of nitrogens with zero attached hydrogens (tertiary/aromatic N) is 3. The van der Waals surface area contributed by atoms with Gasteiger partial charge in [0.2, 0.25) is 0 Å². The zero-order chi connectivity index (χ0) is 16.3. The van der Waals surface area contributed by atoms with E-state index in [1.807, 2.05) is 0 Å². The van der Waals surface area contributed by atoms with Crippen LogP contribution >= 0.6 is 37.9 Å². The largest absolute Gasteiger partial charge is 0.336 e. The second-order valence-electron chi connectivity index (χ2n) is 5.23. The Morgan fingerprint density at radius 1 is 0.667 bits per heavy atom. The maximum absolute atomic E-state index is 12.3. The lowest BCUT2D eigenvalue weighted by Crippen LogP contribution is -2.56. The third-order valence-corrected chi connectivity index (χ3v) is 3.22. The van der Waals surface area contributed by atoms with Crippen LogP contribution in [-0.4, -0.2) is 29.5 Å². The van der Waals surface area contributed by atoms with Crippen LogP contribution in [0.2, 0.25) is 0 Å². The fraction of sp³-hybridized carbons (Fsp3) is 0.750. The summed E-state index contributed by atoms with van der Waals surface area (Å²) in [5.74, 6) is 0. The predicted octanol–water partition coefficient (Wildman–Crippen LogP) is 0.127. The summed E-state index contributed by atoms with van der Waals surface area (Å²) in [6.07, 6.45) is 0. The minimum atomic E-state index is -0.616.